The lowest BCUT2D eigenvalue weighted by Crippen LogP contribution is -2.23. The van der Waals surface area contributed by atoms with Crippen LogP contribution in [0.15, 0.2) is 12.4 Å². The van der Waals surface area contributed by atoms with Crippen LogP contribution in [0.25, 0.3) is 0 Å². The normalized spacial score (nSPS) is 11.9. The number of ether oxygens (including phenoxy) is 1. The van der Waals surface area contributed by atoms with E-state index < -0.39 is 12.8 Å². The monoisotopic (exact) mass is 249 g/mol. The average Bonchev–Trinajstić information content (AvgIpc) is 2.23. The zero-order chi connectivity index (χ0) is 12.9. The number of hydrogen-bond donors (Lipinski definition) is 1. The molecule has 1 rings (SSSR count). The van der Waals surface area contributed by atoms with Crippen LogP contribution in [0.4, 0.5) is 13.2 Å². The Morgan fingerprint density at radius 2 is 2.06 bits per heavy atom. The van der Waals surface area contributed by atoms with Crippen molar-refractivity contribution in [2.24, 2.45) is 0 Å². The molecule has 0 saturated carbocycles. The van der Waals surface area contributed by atoms with E-state index in [-0.39, 0.29) is 11.9 Å². The second kappa shape index (κ2) is 5.81. The Balaban J connectivity index is 2.54. The first-order valence-electron chi connectivity index (χ1n) is 5.10. The van der Waals surface area contributed by atoms with Crippen molar-refractivity contribution in [3.05, 3.63) is 18.1 Å². The summed E-state index contributed by atoms with van der Waals surface area (Å²) in [6, 6.07) is 0.261. The van der Waals surface area contributed by atoms with Gasteiger partial charge in [-0.15, -0.1) is 0 Å². The van der Waals surface area contributed by atoms with E-state index in [2.05, 4.69) is 20.0 Å². The van der Waals surface area contributed by atoms with Gasteiger partial charge in [0, 0.05) is 18.8 Å². The van der Waals surface area contributed by atoms with E-state index >= 15 is 0 Å². The molecule has 0 spiro atoms. The number of halogens is 3. The molecule has 0 radical (unpaired) electrons. The molecule has 4 nitrogen and oxygen atoms in total. The van der Waals surface area contributed by atoms with Gasteiger partial charge >= 0.3 is 6.18 Å². The summed E-state index contributed by atoms with van der Waals surface area (Å²) < 4.78 is 40.2. The van der Waals surface area contributed by atoms with Crippen LogP contribution in [-0.2, 0) is 6.54 Å². The van der Waals surface area contributed by atoms with E-state index in [4.69, 9.17) is 0 Å². The van der Waals surface area contributed by atoms with E-state index in [1.807, 2.05) is 13.8 Å². The largest absolute Gasteiger partial charge is 0.467 e. The van der Waals surface area contributed by atoms with Crippen molar-refractivity contribution in [2.75, 3.05) is 6.61 Å². The summed E-state index contributed by atoms with van der Waals surface area (Å²) in [5.74, 6) is -0.120. The highest BCUT2D eigenvalue weighted by atomic mass is 19.4. The maximum absolute atomic E-state index is 11.9. The number of rotatable bonds is 5. The molecule has 0 aliphatic heterocycles. The summed E-state index contributed by atoms with van der Waals surface area (Å²) >= 11 is 0. The minimum atomic E-state index is -4.37. The van der Waals surface area contributed by atoms with Crippen molar-refractivity contribution in [1.82, 2.24) is 15.3 Å². The molecule has 0 saturated heterocycles. The SMILES string of the molecule is CC(C)NCc1cncc(OCC(F)(F)F)n1. The van der Waals surface area contributed by atoms with Crippen LogP contribution in [0.3, 0.4) is 0 Å². The van der Waals surface area contributed by atoms with Crippen LogP contribution in [0.2, 0.25) is 0 Å². The van der Waals surface area contributed by atoms with Crippen molar-refractivity contribution in [2.45, 2.75) is 32.6 Å². The molecule has 7 heteroatoms. The van der Waals surface area contributed by atoms with E-state index in [1.54, 1.807) is 0 Å². The molecule has 0 amide bonds. The quantitative estimate of drug-likeness (QED) is 0.866. The van der Waals surface area contributed by atoms with Gasteiger partial charge in [0.25, 0.3) is 0 Å². The van der Waals surface area contributed by atoms with Gasteiger partial charge in [-0.25, -0.2) is 4.98 Å². The van der Waals surface area contributed by atoms with Gasteiger partial charge in [0.15, 0.2) is 6.61 Å². The van der Waals surface area contributed by atoms with Gasteiger partial charge < -0.3 is 10.1 Å². The van der Waals surface area contributed by atoms with Gasteiger partial charge in [0.2, 0.25) is 5.88 Å². The summed E-state index contributed by atoms with van der Waals surface area (Å²) in [6.45, 7) is 2.99. The van der Waals surface area contributed by atoms with Crippen molar-refractivity contribution in [3.63, 3.8) is 0 Å². The molecule has 0 aliphatic carbocycles. The van der Waals surface area contributed by atoms with E-state index in [9.17, 15) is 13.2 Å². The van der Waals surface area contributed by atoms with Gasteiger partial charge in [-0.1, -0.05) is 13.8 Å². The minimum Gasteiger partial charge on any atom is -0.467 e. The second-order valence-corrected chi connectivity index (χ2v) is 3.79. The molecule has 0 unspecified atom stereocenters. The van der Waals surface area contributed by atoms with Crippen LogP contribution in [0.1, 0.15) is 19.5 Å². The number of nitrogens with one attached hydrogen (secondary N) is 1. The van der Waals surface area contributed by atoms with Crippen LogP contribution in [-0.4, -0.2) is 28.8 Å². The first-order chi connectivity index (χ1) is 7.87. The predicted octanol–water partition coefficient (Wildman–Crippen LogP) is 1.92. The number of aromatic nitrogens is 2. The Labute approximate surface area is 97.2 Å². The molecule has 0 bridgehead atoms. The van der Waals surface area contributed by atoms with E-state index in [0.29, 0.717) is 12.2 Å². The molecule has 1 heterocycles. The zero-order valence-electron chi connectivity index (χ0n) is 9.58. The third-order valence-electron chi connectivity index (χ3n) is 1.74. The van der Waals surface area contributed by atoms with Gasteiger partial charge in [0.1, 0.15) is 0 Å². The molecular formula is C10H14F3N3O. The van der Waals surface area contributed by atoms with Crippen LogP contribution in [0.5, 0.6) is 5.88 Å². The Morgan fingerprint density at radius 1 is 1.35 bits per heavy atom. The zero-order valence-corrected chi connectivity index (χ0v) is 9.58. The fraction of sp³-hybridized carbons (Fsp3) is 0.600. The Bertz CT molecular complexity index is 355. The first-order valence-corrected chi connectivity index (χ1v) is 5.10. The maximum Gasteiger partial charge on any atom is 0.422 e. The molecular weight excluding hydrogens is 235 g/mol. The lowest BCUT2D eigenvalue weighted by atomic mass is 10.3. The molecule has 0 atom stereocenters. The summed E-state index contributed by atoms with van der Waals surface area (Å²) in [5, 5.41) is 3.08. The third kappa shape index (κ3) is 6.06. The van der Waals surface area contributed by atoms with Crippen LogP contribution < -0.4 is 10.1 Å². The molecule has 17 heavy (non-hydrogen) atoms. The smallest absolute Gasteiger partial charge is 0.422 e. The van der Waals surface area contributed by atoms with E-state index in [0.717, 1.165) is 6.20 Å². The molecule has 96 valence electrons. The van der Waals surface area contributed by atoms with Crippen molar-refractivity contribution < 1.29 is 17.9 Å². The predicted molar refractivity (Wildman–Crippen MR) is 55.6 cm³/mol. The molecule has 0 aromatic carbocycles. The van der Waals surface area contributed by atoms with Gasteiger partial charge in [-0.05, 0) is 0 Å². The van der Waals surface area contributed by atoms with Crippen molar-refractivity contribution >= 4 is 0 Å². The molecule has 1 N–H and O–H groups in total. The Morgan fingerprint density at radius 3 is 2.65 bits per heavy atom. The highest BCUT2D eigenvalue weighted by Crippen LogP contribution is 2.16. The Kier molecular flexibility index (Phi) is 4.68. The molecule has 0 aliphatic rings. The minimum absolute atomic E-state index is 0.120. The van der Waals surface area contributed by atoms with Crippen LogP contribution >= 0.6 is 0 Å². The fourth-order valence-electron chi connectivity index (χ4n) is 1.01. The maximum atomic E-state index is 11.9. The molecule has 1 aromatic rings. The first kappa shape index (κ1) is 13.7. The highest BCUT2D eigenvalue weighted by Gasteiger charge is 2.28. The average molecular weight is 249 g/mol. The lowest BCUT2D eigenvalue weighted by Gasteiger charge is -2.10. The highest BCUT2D eigenvalue weighted by molar-refractivity contribution is 5.08. The van der Waals surface area contributed by atoms with Crippen molar-refractivity contribution in [3.8, 4) is 5.88 Å². The summed E-state index contributed by atoms with van der Waals surface area (Å²) in [4.78, 5) is 7.67. The van der Waals surface area contributed by atoms with Gasteiger partial charge in [0.05, 0.1) is 11.9 Å². The summed E-state index contributed by atoms with van der Waals surface area (Å²) in [6.07, 6.45) is -1.73. The number of hydrogen-bond acceptors (Lipinski definition) is 4. The standard InChI is InChI=1S/C10H14F3N3O/c1-7(2)15-4-8-3-14-5-9(16-8)17-6-10(11,12)13/h3,5,7,15H,4,6H2,1-2H3. The summed E-state index contributed by atoms with van der Waals surface area (Å²) in [5.41, 5.74) is 0.540. The third-order valence-corrected chi connectivity index (χ3v) is 1.74. The number of alkyl halides is 3. The molecule has 0 fully saturated rings. The fourth-order valence-corrected chi connectivity index (χ4v) is 1.01. The second-order valence-electron chi connectivity index (χ2n) is 3.79. The van der Waals surface area contributed by atoms with E-state index in [1.165, 1.54) is 6.20 Å². The number of nitrogens with zero attached hydrogens (tertiary/aromatic N) is 2. The van der Waals surface area contributed by atoms with Gasteiger partial charge in [-0.3, -0.25) is 4.98 Å². The van der Waals surface area contributed by atoms with Crippen LogP contribution in [0, 0.1) is 0 Å². The molecule has 1 aromatic heterocycles. The summed E-state index contributed by atoms with van der Waals surface area (Å²) in [7, 11) is 0. The topological polar surface area (TPSA) is 47.0 Å². The lowest BCUT2D eigenvalue weighted by molar-refractivity contribution is -0.154. The van der Waals surface area contributed by atoms with Gasteiger partial charge in [-0.2, -0.15) is 13.2 Å². The van der Waals surface area contributed by atoms with Crippen molar-refractivity contribution in [1.29, 1.82) is 0 Å². The Hall–Kier alpha value is -1.37.